The highest BCUT2D eigenvalue weighted by Gasteiger charge is 2.32. The third-order valence-electron chi connectivity index (χ3n) is 10.4. The van der Waals surface area contributed by atoms with Crippen LogP contribution in [0.1, 0.15) is 185 Å². The quantitative estimate of drug-likeness (QED) is 0.0462. The maximum absolute atomic E-state index is 12.7. The first-order chi connectivity index (χ1) is 30.3. The molecule has 5 amide bonds. The zero-order valence-electron chi connectivity index (χ0n) is 37.5. The first kappa shape index (κ1) is 53.8. The molecule has 1 aliphatic rings. The second kappa shape index (κ2) is 32.3. The van der Waals surface area contributed by atoms with Crippen LogP contribution in [0.2, 0.25) is 0 Å². The van der Waals surface area contributed by atoms with Crippen LogP contribution in [-0.4, -0.2) is 94.4 Å². The Morgan fingerprint density at radius 3 is 1.83 bits per heavy atom. The van der Waals surface area contributed by atoms with Gasteiger partial charge in [0.2, 0.25) is 11.8 Å². The zero-order valence-corrected chi connectivity index (χ0v) is 37.5. The molecule has 0 radical (unpaired) electrons. The van der Waals surface area contributed by atoms with Crippen LogP contribution < -0.4 is 21.3 Å². The van der Waals surface area contributed by atoms with Crippen LogP contribution in [0.5, 0.6) is 0 Å². The van der Waals surface area contributed by atoms with E-state index >= 15 is 0 Å². The van der Waals surface area contributed by atoms with Crippen molar-refractivity contribution in [2.75, 3.05) is 25.0 Å². The summed E-state index contributed by atoms with van der Waals surface area (Å²) in [5, 5.41) is 12.0. The van der Waals surface area contributed by atoms with Crippen molar-refractivity contribution in [3.8, 4) is 0 Å². The van der Waals surface area contributed by atoms with E-state index in [-0.39, 0.29) is 79.5 Å². The number of hydroxylamine groups is 2. The van der Waals surface area contributed by atoms with E-state index in [0.29, 0.717) is 113 Å². The number of nitrogens with one attached hydrogen (secondary N) is 4. The van der Waals surface area contributed by atoms with Gasteiger partial charge in [0.15, 0.2) is 5.78 Å². The van der Waals surface area contributed by atoms with Gasteiger partial charge < -0.3 is 26.1 Å². The van der Waals surface area contributed by atoms with E-state index in [1.807, 2.05) is 6.92 Å². The normalized spacial score (nSPS) is 12.7. The summed E-state index contributed by atoms with van der Waals surface area (Å²) in [6.07, 6.45) is 14.2. The van der Waals surface area contributed by atoms with Crippen LogP contribution in [0.25, 0.3) is 0 Å². The Kier molecular flexibility index (Phi) is 27.6. The Labute approximate surface area is 371 Å². The first-order valence-electron chi connectivity index (χ1n) is 22.9. The number of hydrogen-bond acceptors (Lipinski definition) is 13. The maximum atomic E-state index is 12.7. The summed E-state index contributed by atoms with van der Waals surface area (Å²) in [4.78, 5) is 130. The monoisotopic (exact) mass is 883 g/mol. The molecule has 0 saturated carbocycles. The van der Waals surface area contributed by atoms with Crippen molar-refractivity contribution in [1.82, 2.24) is 26.0 Å². The van der Waals surface area contributed by atoms with Crippen LogP contribution in [0, 0.1) is 0 Å². The van der Waals surface area contributed by atoms with Crippen LogP contribution >= 0.6 is 0 Å². The number of amides is 5. The number of hydrogen-bond donors (Lipinski definition) is 4. The number of anilines is 1. The van der Waals surface area contributed by atoms with Gasteiger partial charge in [-0.05, 0) is 83.3 Å². The second-order valence-corrected chi connectivity index (χ2v) is 16.2. The molecule has 1 aromatic rings. The lowest BCUT2D eigenvalue weighted by Gasteiger charge is -2.17. The first-order valence-corrected chi connectivity index (χ1v) is 22.9. The molecule has 1 aliphatic heterocycles. The van der Waals surface area contributed by atoms with Gasteiger partial charge in [0.1, 0.15) is 23.2 Å². The Morgan fingerprint density at radius 1 is 0.651 bits per heavy atom. The molecule has 1 atom stereocenters. The number of rotatable bonds is 37. The molecule has 1 saturated heterocycles. The molecule has 0 bridgehead atoms. The standard InChI is InChI=1S/C46H70N6O11/c1-3-17-39(56)38(51-42(58)27-25-37(55)20-10-5-7-13-23-45(61)63-52-43(59)28-29-44(52)60)21-14-16-30-47-41(57)22-12-6-4-9-18-36(54)19-11-8-15-31-48-46(62)35-24-26-40(50-33-35)49-32-34(2)53/h24,26,33,38H,3-23,25,27-32H2,1-2H3,(H,47,57)(H,48,62)(H,49,50)(H,51,58)/t38-/m0/s1. The van der Waals surface area contributed by atoms with E-state index in [1.165, 1.54) is 13.1 Å². The summed E-state index contributed by atoms with van der Waals surface area (Å²) in [6, 6.07) is 2.67. The molecule has 0 spiro atoms. The second-order valence-electron chi connectivity index (χ2n) is 16.2. The van der Waals surface area contributed by atoms with Gasteiger partial charge in [-0.1, -0.05) is 39.0 Å². The lowest BCUT2D eigenvalue weighted by molar-refractivity contribution is -0.197. The molecule has 1 fully saturated rings. The topological polar surface area (TPSA) is 244 Å². The SMILES string of the molecule is CCCC(=O)[C@H](CCCCNC(=O)CCCCCCC(=O)CCCCCNC(=O)c1ccc(NCC(C)=O)nc1)NC(=O)CCC(=O)CCCCCCC(=O)ON1C(=O)CCC1=O. The van der Waals surface area contributed by atoms with Crippen molar-refractivity contribution in [2.24, 2.45) is 0 Å². The third kappa shape index (κ3) is 25.4. The average Bonchev–Trinajstić information content (AvgIpc) is 3.57. The number of carbonyl (C=O) groups excluding carboxylic acids is 10. The Morgan fingerprint density at radius 2 is 1.22 bits per heavy atom. The van der Waals surface area contributed by atoms with E-state index in [1.54, 1.807) is 12.1 Å². The predicted molar refractivity (Wildman–Crippen MR) is 235 cm³/mol. The Bertz CT molecular complexity index is 1650. The molecule has 17 nitrogen and oxygen atoms in total. The van der Waals surface area contributed by atoms with Crippen molar-refractivity contribution in [1.29, 1.82) is 0 Å². The third-order valence-corrected chi connectivity index (χ3v) is 10.4. The maximum Gasteiger partial charge on any atom is 0.333 e. The van der Waals surface area contributed by atoms with Gasteiger partial charge in [0.25, 0.3) is 17.7 Å². The summed E-state index contributed by atoms with van der Waals surface area (Å²) in [5.41, 5.74) is 0.437. The number of aromatic nitrogens is 1. The van der Waals surface area contributed by atoms with Crippen LogP contribution in [-0.2, 0) is 48.0 Å². The molecule has 17 heteroatoms. The molecule has 350 valence electrons. The highest BCUT2D eigenvalue weighted by Crippen LogP contribution is 2.15. The number of carbonyl (C=O) groups is 10. The summed E-state index contributed by atoms with van der Waals surface area (Å²) in [7, 11) is 0. The van der Waals surface area contributed by atoms with Gasteiger partial charge in [-0.15, -0.1) is 5.06 Å². The summed E-state index contributed by atoms with van der Waals surface area (Å²) in [5.74, 6) is -1.66. The molecule has 1 aromatic heterocycles. The lowest BCUT2D eigenvalue weighted by Crippen LogP contribution is -2.41. The van der Waals surface area contributed by atoms with Crippen molar-refractivity contribution in [2.45, 2.75) is 180 Å². The fraction of sp³-hybridized carbons (Fsp3) is 0.674. The van der Waals surface area contributed by atoms with Crippen LogP contribution in [0.3, 0.4) is 0 Å². The highest BCUT2D eigenvalue weighted by molar-refractivity contribution is 6.01. The van der Waals surface area contributed by atoms with E-state index in [0.717, 1.165) is 44.9 Å². The van der Waals surface area contributed by atoms with Crippen molar-refractivity contribution < 1.29 is 52.8 Å². The molecule has 63 heavy (non-hydrogen) atoms. The molecular weight excluding hydrogens is 813 g/mol. The zero-order chi connectivity index (χ0) is 46.2. The van der Waals surface area contributed by atoms with Crippen LogP contribution in [0.4, 0.5) is 5.82 Å². The van der Waals surface area contributed by atoms with Gasteiger partial charge in [-0.2, -0.15) is 0 Å². The fourth-order valence-corrected chi connectivity index (χ4v) is 6.78. The molecule has 2 rings (SSSR count). The van der Waals surface area contributed by atoms with E-state index in [9.17, 15) is 47.9 Å². The molecular formula is C46H70N6O11. The summed E-state index contributed by atoms with van der Waals surface area (Å²) in [6.45, 7) is 4.52. The Balaban J connectivity index is 1.45. The van der Waals surface area contributed by atoms with Gasteiger partial charge in [0, 0.05) is 83.5 Å². The Hall–Kier alpha value is -5.35. The predicted octanol–water partition coefficient (Wildman–Crippen LogP) is 5.72. The van der Waals surface area contributed by atoms with Gasteiger partial charge in [-0.3, -0.25) is 43.2 Å². The number of nitrogens with zero attached hydrogens (tertiary/aromatic N) is 2. The number of pyridine rings is 1. The van der Waals surface area contributed by atoms with E-state index in [2.05, 4.69) is 26.3 Å². The van der Waals surface area contributed by atoms with Gasteiger partial charge in [-0.25, -0.2) is 9.78 Å². The number of ketones is 4. The number of Topliss-reactive ketones (excluding diaryl/α,β-unsaturated/α-hetero) is 4. The van der Waals surface area contributed by atoms with Crippen molar-refractivity contribution in [3.05, 3.63) is 23.9 Å². The fourth-order valence-electron chi connectivity index (χ4n) is 6.78. The van der Waals surface area contributed by atoms with E-state index < -0.39 is 23.8 Å². The minimum Gasteiger partial charge on any atom is -0.363 e. The largest absolute Gasteiger partial charge is 0.363 e. The van der Waals surface area contributed by atoms with Gasteiger partial charge >= 0.3 is 5.97 Å². The van der Waals surface area contributed by atoms with Crippen molar-refractivity contribution in [3.63, 3.8) is 0 Å². The molecule has 0 aliphatic carbocycles. The summed E-state index contributed by atoms with van der Waals surface area (Å²) >= 11 is 0. The van der Waals surface area contributed by atoms with E-state index in [4.69, 9.17) is 4.84 Å². The highest BCUT2D eigenvalue weighted by atomic mass is 16.7. The smallest absolute Gasteiger partial charge is 0.333 e. The van der Waals surface area contributed by atoms with Crippen LogP contribution in [0.15, 0.2) is 18.3 Å². The van der Waals surface area contributed by atoms with Gasteiger partial charge in [0.05, 0.1) is 18.2 Å². The average molecular weight is 883 g/mol. The molecule has 2 heterocycles. The minimum atomic E-state index is -0.645. The molecule has 0 aromatic carbocycles. The number of unbranched alkanes of at least 4 members (excludes halogenated alkanes) is 9. The van der Waals surface area contributed by atoms with Crippen molar-refractivity contribution >= 4 is 64.5 Å². The number of imide groups is 1. The lowest BCUT2D eigenvalue weighted by atomic mass is 10.0. The molecule has 4 N–H and O–H groups in total. The molecule has 0 unspecified atom stereocenters. The summed E-state index contributed by atoms with van der Waals surface area (Å²) < 4.78 is 0. The minimum absolute atomic E-state index is 0.00814.